The highest BCUT2D eigenvalue weighted by Gasteiger charge is 2.31. The Bertz CT molecular complexity index is 523. The van der Waals surface area contributed by atoms with Gasteiger partial charge >= 0.3 is 0 Å². The summed E-state index contributed by atoms with van der Waals surface area (Å²) in [5.41, 5.74) is 0.418. The first-order chi connectivity index (χ1) is 11.6. The molecule has 0 saturated heterocycles. The van der Waals surface area contributed by atoms with Gasteiger partial charge in [-0.1, -0.05) is 38.8 Å². The molecule has 1 aromatic heterocycles. The van der Waals surface area contributed by atoms with Gasteiger partial charge in [-0.3, -0.25) is 4.99 Å². The Balaban J connectivity index is 0.00000312. The minimum atomic E-state index is 0. The normalized spacial score (nSPS) is 16.8. The Morgan fingerprint density at radius 1 is 1.24 bits per heavy atom. The van der Waals surface area contributed by atoms with Gasteiger partial charge in [-0.15, -0.1) is 24.0 Å². The summed E-state index contributed by atoms with van der Waals surface area (Å²) in [4.78, 5) is 9.24. The van der Waals surface area contributed by atoms with E-state index >= 15 is 0 Å². The molecular formula is C18H34IN5O. The van der Waals surface area contributed by atoms with E-state index in [1.807, 2.05) is 0 Å². The molecule has 1 heterocycles. The summed E-state index contributed by atoms with van der Waals surface area (Å²) >= 11 is 0. The minimum absolute atomic E-state index is 0. The molecule has 144 valence electrons. The Kier molecular flexibility index (Phi) is 9.74. The smallest absolute Gasteiger partial charge is 0.228 e. The van der Waals surface area contributed by atoms with Crippen LogP contribution in [-0.2, 0) is 6.42 Å². The first-order valence-electron chi connectivity index (χ1n) is 9.43. The van der Waals surface area contributed by atoms with E-state index in [2.05, 4.69) is 48.5 Å². The van der Waals surface area contributed by atoms with Crippen LogP contribution in [0.15, 0.2) is 9.52 Å². The van der Waals surface area contributed by atoms with E-state index in [1.165, 1.54) is 32.1 Å². The standard InChI is InChI=1S/C18H33N5O.HI/c1-5-18(10-7-8-11-18)13-21-17(19-6-2)20-12-9-15-22-16(14(3)4)23-24-15;/h14H,5-13H2,1-4H3,(H2,19,20,21);1H. The SMILES string of the molecule is CCNC(=NCC1(CC)CCCC1)NCCc1nc(C(C)C)no1.I. The molecule has 0 bridgehead atoms. The summed E-state index contributed by atoms with van der Waals surface area (Å²) < 4.78 is 5.28. The van der Waals surface area contributed by atoms with Crippen LogP contribution < -0.4 is 10.6 Å². The van der Waals surface area contributed by atoms with Crippen LogP contribution in [0.3, 0.4) is 0 Å². The van der Waals surface area contributed by atoms with Gasteiger partial charge in [0.25, 0.3) is 0 Å². The number of halogens is 1. The number of aromatic nitrogens is 2. The third kappa shape index (κ3) is 6.75. The fourth-order valence-electron chi connectivity index (χ4n) is 3.23. The van der Waals surface area contributed by atoms with Crippen molar-refractivity contribution in [2.24, 2.45) is 10.4 Å². The average Bonchev–Trinajstić information content (AvgIpc) is 3.23. The highest BCUT2D eigenvalue weighted by molar-refractivity contribution is 14.0. The van der Waals surface area contributed by atoms with Crippen LogP contribution in [0.2, 0.25) is 0 Å². The van der Waals surface area contributed by atoms with Crippen LogP contribution >= 0.6 is 24.0 Å². The maximum Gasteiger partial charge on any atom is 0.228 e. The van der Waals surface area contributed by atoms with Crippen molar-refractivity contribution in [2.45, 2.75) is 72.1 Å². The molecule has 0 amide bonds. The molecule has 1 aliphatic carbocycles. The van der Waals surface area contributed by atoms with Crippen LogP contribution in [0.5, 0.6) is 0 Å². The molecule has 7 heteroatoms. The first kappa shape index (κ1) is 22.2. The Labute approximate surface area is 169 Å². The number of aliphatic imine (C=N–C) groups is 1. The number of nitrogens with zero attached hydrogens (tertiary/aromatic N) is 3. The zero-order valence-corrected chi connectivity index (χ0v) is 18.4. The van der Waals surface area contributed by atoms with Gasteiger partial charge in [0.05, 0.1) is 0 Å². The Morgan fingerprint density at radius 2 is 1.96 bits per heavy atom. The molecule has 0 atom stereocenters. The van der Waals surface area contributed by atoms with Crippen molar-refractivity contribution in [1.29, 1.82) is 0 Å². The second-order valence-electron chi connectivity index (χ2n) is 7.13. The predicted molar refractivity (Wildman–Crippen MR) is 113 cm³/mol. The fourth-order valence-corrected chi connectivity index (χ4v) is 3.23. The molecule has 1 aromatic rings. The maximum absolute atomic E-state index is 5.28. The number of hydrogen-bond acceptors (Lipinski definition) is 4. The third-order valence-electron chi connectivity index (χ3n) is 4.96. The summed E-state index contributed by atoms with van der Waals surface area (Å²) in [5, 5.41) is 10.7. The molecule has 25 heavy (non-hydrogen) atoms. The van der Waals surface area contributed by atoms with Crippen molar-refractivity contribution in [2.75, 3.05) is 19.6 Å². The highest BCUT2D eigenvalue weighted by atomic mass is 127. The van der Waals surface area contributed by atoms with E-state index < -0.39 is 0 Å². The van der Waals surface area contributed by atoms with Crippen molar-refractivity contribution < 1.29 is 4.52 Å². The molecule has 1 saturated carbocycles. The lowest BCUT2D eigenvalue weighted by atomic mass is 9.84. The Hall–Kier alpha value is -0.860. The third-order valence-corrected chi connectivity index (χ3v) is 4.96. The van der Waals surface area contributed by atoms with Crippen LogP contribution in [0.25, 0.3) is 0 Å². The molecule has 0 radical (unpaired) electrons. The van der Waals surface area contributed by atoms with Crippen molar-refractivity contribution in [3.05, 3.63) is 11.7 Å². The molecule has 2 rings (SSSR count). The average molecular weight is 463 g/mol. The van der Waals surface area contributed by atoms with Gasteiger partial charge in [0.2, 0.25) is 5.89 Å². The van der Waals surface area contributed by atoms with E-state index in [-0.39, 0.29) is 24.0 Å². The van der Waals surface area contributed by atoms with Crippen LogP contribution in [0.4, 0.5) is 0 Å². The largest absolute Gasteiger partial charge is 0.357 e. The van der Waals surface area contributed by atoms with Gasteiger partial charge in [-0.05, 0) is 31.6 Å². The summed E-state index contributed by atoms with van der Waals surface area (Å²) in [6, 6.07) is 0. The fraction of sp³-hybridized carbons (Fsp3) is 0.833. The molecule has 0 unspecified atom stereocenters. The molecular weight excluding hydrogens is 429 g/mol. The van der Waals surface area contributed by atoms with Gasteiger partial charge in [-0.2, -0.15) is 4.98 Å². The Morgan fingerprint density at radius 3 is 2.52 bits per heavy atom. The van der Waals surface area contributed by atoms with E-state index in [0.717, 1.165) is 31.4 Å². The maximum atomic E-state index is 5.28. The molecule has 2 N–H and O–H groups in total. The second kappa shape index (κ2) is 11.0. The topological polar surface area (TPSA) is 75.3 Å². The number of nitrogens with one attached hydrogen (secondary N) is 2. The lowest BCUT2D eigenvalue weighted by Gasteiger charge is -2.25. The van der Waals surface area contributed by atoms with Crippen molar-refractivity contribution in [3.63, 3.8) is 0 Å². The number of guanidine groups is 1. The summed E-state index contributed by atoms with van der Waals surface area (Å²) in [6.45, 7) is 11.0. The monoisotopic (exact) mass is 463 g/mol. The van der Waals surface area contributed by atoms with Crippen LogP contribution in [0, 0.1) is 5.41 Å². The van der Waals surface area contributed by atoms with Gasteiger partial charge < -0.3 is 15.2 Å². The second-order valence-corrected chi connectivity index (χ2v) is 7.13. The quantitative estimate of drug-likeness (QED) is 0.348. The molecule has 1 fully saturated rings. The molecule has 0 spiro atoms. The zero-order chi connectivity index (χ0) is 17.4. The summed E-state index contributed by atoms with van der Waals surface area (Å²) in [7, 11) is 0. The number of hydrogen-bond donors (Lipinski definition) is 2. The van der Waals surface area contributed by atoms with Crippen molar-refractivity contribution >= 4 is 29.9 Å². The van der Waals surface area contributed by atoms with Gasteiger partial charge in [-0.25, -0.2) is 0 Å². The number of rotatable bonds is 8. The van der Waals surface area contributed by atoms with E-state index in [4.69, 9.17) is 9.52 Å². The summed E-state index contributed by atoms with van der Waals surface area (Å²) in [6.07, 6.45) is 7.25. The van der Waals surface area contributed by atoms with E-state index in [0.29, 0.717) is 23.6 Å². The first-order valence-corrected chi connectivity index (χ1v) is 9.43. The molecule has 0 aromatic carbocycles. The van der Waals surface area contributed by atoms with Crippen molar-refractivity contribution in [1.82, 2.24) is 20.8 Å². The highest BCUT2D eigenvalue weighted by Crippen LogP contribution is 2.41. The lowest BCUT2D eigenvalue weighted by molar-refractivity contribution is 0.297. The van der Waals surface area contributed by atoms with Crippen molar-refractivity contribution in [3.8, 4) is 0 Å². The molecule has 6 nitrogen and oxygen atoms in total. The van der Waals surface area contributed by atoms with E-state index in [9.17, 15) is 0 Å². The predicted octanol–water partition coefficient (Wildman–Crippen LogP) is 3.88. The van der Waals surface area contributed by atoms with E-state index in [1.54, 1.807) is 0 Å². The van der Waals surface area contributed by atoms with Gasteiger partial charge in [0.1, 0.15) is 0 Å². The van der Waals surface area contributed by atoms with Crippen LogP contribution in [0.1, 0.15) is 77.4 Å². The van der Waals surface area contributed by atoms with Crippen LogP contribution in [-0.4, -0.2) is 35.7 Å². The minimum Gasteiger partial charge on any atom is -0.357 e. The lowest BCUT2D eigenvalue weighted by Crippen LogP contribution is -2.39. The van der Waals surface area contributed by atoms with Gasteiger partial charge in [0.15, 0.2) is 11.8 Å². The zero-order valence-electron chi connectivity index (χ0n) is 16.1. The summed E-state index contributed by atoms with van der Waals surface area (Å²) in [5.74, 6) is 2.64. The molecule has 1 aliphatic rings. The molecule has 0 aliphatic heterocycles. The van der Waals surface area contributed by atoms with Gasteiger partial charge in [0, 0.05) is 32.0 Å².